The number of nitrogens with one attached hydrogen (secondary N) is 1. The molecule has 1 atom stereocenters. The van der Waals surface area contributed by atoms with E-state index in [1.54, 1.807) is 0 Å². The molecular weight excluding hydrogens is 207 g/mol. The number of alkyl halides is 3. The predicted octanol–water partition coefficient (Wildman–Crippen LogP) is 2.73. The van der Waals surface area contributed by atoms with Crippen LogP contribution >= 0.6 is 0 Å². The lowest BCUT2D eigenvalue weighted by molar-refractivity contribution is -0.149. The van der Waals surface area contributed by atoms with Crippen LogP contribution in [-0.2, 0) is 4.74 Å². The zero-order valence-corrected chi connectivity index (χ0v) is 9.36. The summed E-state index contributed by atoms with van der Waals surface area (Å²) in [4.78, 5) is 0. The Hall–Kier alpha value is -0.290. The molecule has 0 aliphatic rings. The molecule has 1 N–H and O–H groups in total. The molecule has 0 rings (SSSR count). The van der Waals surface area contributed by atoms with Crippen LogP contribution in [0.3, 0.4) is 0 Å². The Balaban J connectivity index is 3.52. The molecule has 0 aromatic carbocycles. The summed E-state index contributed by atoms with van der Waals surface area (Å²) in [5.74, 6) is 0. The average molecular weight is 227 g/mol. The van der Waals surface area contributed by atoms with E-state index < -0.39 is 12.6 Å². The van der Waals surface area contributed by atoms with Crippen molar-refractivity contribution >= 4 is 0 Å². The maximum absolute atomic E-state index is 11.8. The molecule has 0 saturated carbocycles. The summed E-state index contributed by atoms with van der Waals surface area (Å²) in [6, 6.07) is 0. The number of rotatable bonds is 8. The molecule has 5 heteroatoms. The highest BCUT2D eigenvalue weighted by molar-refractivity contribution is 4.60. The van der Waals surface area contributed by atoms with Gasteiger partial charge in [0.25, 0.3) is 0 Å². The predicted molar refractivity (Wildman–Crippen MR) is 53.9 cm³/mol. The largest absolute Gasteiger partial charge is 0.391 e. The Morgan fingerprint density at radius 3 is 2.40 bits per heavy atom. The van der Waals surface area contributed by atoms with E-state index >= 15 is 0 Å². The highest BCUT2D eigenvalue weighted by Crippen LogP contribution is 2.19. The first-order valence-corrected chi connectivity index (χ1v) is 5.38. The Morgan fingerprint density at radius 2 is 1.93 bits per heavy atom. The summed E-state index contributed by atoms with van der Waals surface area (Å²) in [5.41, 5.74) is 0. The third-order valence-corrected chi connectivity index (χ3v) is 1.99. The van der Waals surface area contributed by atoms with Crippen molar-refractivity contribution in [3.8, 4) is 0 Å². The van der Waals surface area contributed by atoms with Gasteiger partial charge in [0.2, 0.25) is 0 Å². The van der Waals surface area contributed by atoms with E-state index in [9.17, 15) is 13.2 Å². The normalized spacial score (nSPS) is 14.2. The van der Waals surface area contributed by atoms with E-state index in [0.29, 0.717) is 6.54 Å². The quantitative estimate of drug-likeness (QED) is 0.644. The molecule has 92 valence electrons. The smallest absolute Gasteiger partial charge is 0.377 e. The van der Waals surface area contributed by atoms with Crippen molar-refractivity contribution in [2.75, 3.05) is 19.7 Å². The first-order chi connectivity index (χ1) is 6.99. The van der Waals surface area contributed by atoms with Crippen LogP contribution in [0, 0.1) is 0 Å². The van der Waals surface area contributed by atoms with Gasteiger partial charge in [-0.05, 0) is 19.4 Å². The summed E-state index contributed by atoms with van der Waals surface area (Å²) in [6.07, 6.45) is -3.35. The molecule has 0 heterocycles. The molecule has 0 fully saturated rings. The molecule has 0 aromatic heterocycles. The summed E-state index contributed by atoms with van der Waals surface area (Å²) < 4.78 is 40.6. The van der Waals surface area contributed by atoms with Crippen molar-refractivity contribution in [2.24, 2.45) is 0 Å². The maximum Gasteiger partial charge on any atom is 0.391 e. The minimum absolute atomic E-state index is 0.112. The van der Waals surface area contributed by atoms with Gasteiger partial charge in [-0.25, -0.2) is 0 Å². The SMILES string of the molecule is CCCNCC(CC)OCCC(F)(F)F. The van der Waals surface area contributed by atoms with Crippen molar-refractivity contribution in [2.45, 2.75) is 45.4 Å². The Labute approximate surface area is 89.2 Å². The number of halogens is 3. The van der Waals surface area contributed by atoms with Gasteiger partial charge in [0.15, 0.2) is 0 Å². The molecule has 15 heavy (non-hydrogen) atoms. The van der Waals surface area contributed by atoms with Gasteiger partial charge in [-0.1, -0.05) is 13.8 Å². The third kappa shape index (κ3) is 10.0. The van der Waals surface area contributed by atoms with Crippen molar-refractivity contribution in [3.63, 3.8) is 0 Å². The zero-order chi connectivity index (χ0) is 11.7. The third-order valence-electron chi connectivity index (χ3n) is 1.99. The fraction of sp³-hybridized carbons (Fsp3) is 1.00. The molecule has 2 nitrogen and oxygen atoms in total. The van der Waals surface area contributed by atoms with Gasteiger partial charge < -0.3 is 10.1 Å². The molecule has 0 saturated heterocycles. The fourth-order valence-corrected chi connectivity index (χ4v) is 1.10. The van der Waals surface area contributed by atoms with Crippen LogP contribution in [0.15, 0.2) is 0 Å². The van der Waals surface area contributed by atoms with E-state index in [-0.39, 0.29) is 12.7 Å². The average Bonchev–Trinajstić information content (AvgIpc) is 2.14. The van der Waals surface area contributed by atoms with Gasteiger partial charge in [-0.15, -0.1) is 0 Å². The van der Waals surface area contributed by atoms with Crippen LogP contribution in [0.2, 0.25) is 0 Å². The fourth-order valence-electron chi connectivity index (χ4n) is 1.10. The van der Waals surface area contributed by atoms with E-state index in [1.165, 1.54) is 0 Å². The Bertz CT molecular complexity index is 150. The van der Waals surface area contributed by atoms with Gasteiger partial charge >= 0.3 is 6.18 Å². The van der Waals surface area contributed by atoms with Crippen LogP contribution in [-0.4, -0.2) is 32.0 Å². The van der Waals surface area contributed by atoms with Gasteiger partial charge in [0.1, 0.15) is 0 Å². The monoisotopic (exact) mass is 227 g/mol. The molecule has 0 aromatic rings. The highest BCUT2D eigenvalue weighted by atomic mass is 19.4. The van der Waals surface area contributed by atoms with Crippen LogP contribution in [0.5, 0.6) is 0 Å². The molecule has 0 spiro atoms. The number of ether oxygens (including phenoxy) is 1. The lowest BCUT2D eigenvalue weighted by atomic mass is 10.2. The van der Waals surface area contributed by atoms with E-state index in [0.717, 1.165) is 19.4 Å². The number of hydrogen-bond acceptors (Lipinski definition) is 2. The first-order valence-electron chi connectivity index (χ1n) is 5.38. The molecule has 0 bridgehead atoms. The van der Waals surface area contributed by atoms with Crippen molar-refractivity contribution in [1.29, 1.82) is 0 Å². The van der Waals surface area contributed by atoms with Gasteiger partial charge in [0, 0.05) is 6.54 Å². The minimum atomic E-state index is -4.12. The first kappa shape index (κ1) is 14.7. The molecular formula is C10H20F3NO. The molecule has 0 amide bonds. The Kier molecular flexibility index (Phi) is 7.78. The highest BCUT2D eigenvalue weighted by Gasteiger charge is 2.26. The van der Waals surface area contributed by atoms with Crippen LogP contribution in [0.4, 0.5) is 13.2 Å². The summed E-state index contributed by atoms with van der Waals surface area (Å²) in [5, 5.41) is 3.13. The summed E-state index contributed by atoms with van der Waals surface area (Å²) >= 11 is 0. The molecule has 0 radical (unpaired) electrons. The number of hydrogen-bond donors (Lipinski definition) is 1. The van der Waals surface area contributed by atoms with Crippen LogP contribution in [0.1, 0.15) is 33.1 Å². The topological polar surface area (TPSA) is 21.3 Å². The van der Waals surface area contributed by atoms with E-state index in [1.807, 2.05) is 13.8 Å². The Morgan fingerprint density at radius 1 is 1.27 bits per heavy atom. The lowest BCUT2D eigenvalue weighted by Gasteiger charge is -2.17. The second kappa shape index (κ2) is 7.93. The second-order valence-electron chi connectivity index (χ2n) is 3.47. The standard InChI is InChI=1S/C10H20F3NO/c1-3-6-14-8-9(4-2)15-7-5-10(11,12)13/h9,14H,3-8H2,1-2H3. The molecule has 0 aliphatic heterocycles. The summed E-state index contributed by atoms with van der Waals surface area (Å²) in [7, 11) is 0. The maximum atomic E-state index is 11.8. The van der Waals surface area contributed by atoms with Crippen LogP contribution in [0.25, 0.3) is 0 Å². The molecule has 0 aliphatic carbocycles. The van der Waals surface area contributed by atoms with Crippen molar-refractivity contribution < 1.29 is 17.9 Å². The van der Waals surface area contributed by atoms with Gasteiger partial charge in [-0.3, -0.25) is 0 Å². The second-order valence-corrected chi connectivity index (χ2v) is 3.47. The van der Waals surface area contributed by atoms with Gasteiger partial charge in [0.05, 0.1) is 19.1 Å². The summed E-state index contributed by atoms with van der Waals surface area (Å²) in [6.45, 7) is 5.21. The molecule has 1 unspecified atom stereocenters. The van der Waals surface area contributed by atoms with Crippen molar-refractivity contribution in [3.05, 3.63) is 0 Å². The van der Waals surface area contributed by atoms with Crippen molar-refractivity contribution in [1.82, 2.24) is 5.32 Å². The van der Waals surface area contributed by atoms with Crippen LogP contribution < -0.4 is 5.32 Å². The van der Waals surface area contributed by atoms with E-state index in [2.05, 4.69) is 5.32 Å². The van der Waals surface area contributed by atoms with Gasteiger partial charge in [-0.2, -0.15) is 13.2 Å². The minimum Gasteiger partial charge on any atom is -0.377 e. The zero-order valence-electron chi connectivity index (χ0n) is 9.36. The lowest BCUT2D eigenvalue weighted by Crippen LogP contribution is -2.30. The van der Waals surface area contributed by atoms with E-state index in [4.69, 9.17) is 4.74 Å².